The van der Waals surface area contributed by atoms with E-state index in [9.17, 15) is 9.59 Å². The minimum Gasteiger partial charge on any atom is -0.493 e. The smallest absolute Gasteiger partial charge is 0.271 e. The monoisotopic (exact) mass is 553 g/mol. The molecular weight excluding hydrogens is 522 g/mol. The number of methoxy groups -OCH3 is 2. The van der Waals surface area contributed by atoms with Crippen molar-refractivity contribution in [3.05, 3.63) is 113 Å². The quantitative estimate of drug-likeness (QED) is 0.180. The first-order valence-corrected chi connectivity index (χ1v) is 12.8. The van der Waals surface area contributed by atoms with E-state index in [1.165, 1.54) is 20.4 Å². The van der Waals surface area contributed by atoms with Gasteiger partial charge in [-0.25, -0.2) is 5.43 Å². The number of ether oxygens (including phenoxy) is 4. The van der Waals surface area contributed by atoms with Crippen molar-refractivity contribution < 1.29 is 28.5 Å². The van der Waals surface area contributed by atoms with Gasteiger partial charge < -0.3 is 24.3 Å². The number of hydrazone groups is 1. The maximum absolute atomic E-state index is 12.7. The second-order valence-electron chi connectivity index (χ2n) is 8.95. The molecule has 9 nitrogen and oxygen atoms in total. The first-order valence-electron chi connectivity index (χ1n) is 12.8. The number of benzene rings is 4. The van der Waals surface area contributed by atoms with Crippen molar-refractivity contribution in [2.45, 2.75) is 13.5 Å². The standard InChI is InChI=1S/C32H31N3O6/c1-22-9-13-26(14-10-22)34-31(36)21-41-27-15-11-24(17-29(27)38-2)19-33-35-32(37)25-12-16-28(30(18-25)39-3)40-20-23-7-5-4-6-8-23/h4-19H,20-21H2,1-3H3,(H,34,36)(H,35,37)/b33-19+. The molecule has 0 heterocycles. The molecule has 2 amide bonds. The van der Waals surface area contributed by atoms with Gasteiger partial charge in [0.2, 0.25) is 0 Å². The van der Waals surface area contributed by atoms with Crippen LogP contribution in [0.5, 0.6) is 23.0 Å². The fourth-order valence-electron chi connectivity index (χ4n) is 3.75. The molecule has 4 aromatic carbocycles. The third-order valence-electron chi connectivity index (χ3n) is 5.92. The van der Waals surface area contributed by atoms with Crippen LogP contribution in [0, 0.1) is 6.92 Å². The second-order valence-corrected chi connectivity index (χ2v) is 8.95. The Morgan fingerprint density at radius 3 is 2.20 bits per heavy atom. The Balaban J connectivity index is 1.31. The molecule has 0 saturated carbocycles. The molecule has 0 unspecified atom stereocenters. The van der Waals surface area contributed by atoms with Gasteiger partial charge >= 0.3 is 0 Å². The molecule has 4 aromatic rings. The number of nitrogens with one attached hydrogen (secondary N) is 2. The van der Waals surface area contributed by atoms with Gasteiger partial charge in [0.05, 0.1) is 20.4 Å². The molecule has 0 aromatic heterocycles. The zero-order valence-corrected chi connectivity index (χ0v) is 23.0. The van der Waals surface area contributed by atoms with Crippen molar-refractivity contribution in [1.29, 1.82) is 0 Å². The Kier molecular flexibility index (Phi) is 9.92. The predicted octanol–water partition coefficient (Wildman–Crippen LogP) is 5.37. The minimum atomic E-state index is -0.416. The van der Waals surface area contributed by atoms with E-state index < -0.39 is 5.91 Å². The molecule has 2 N–H and O–H groups in total. The predicted molar refractivity (Wildman–Crippen MR) is 157 cm³/mol. The van der Waals surface area contributed by atoms with Gasteiger partial charge in [-0.3, -0.25) is 9.59 Å². The summed E-state index contributed by atoms with van der Waals surface area (Å²) < 4.78 is 22.3. The molecular formula is C32H31N3O6. The summed E-state index contributed by atoms with van der Waals surface area (Å²) in [5.41, 5.74) is 6.33. The Bertz CT molecular complexity index is 1500. The minimum absolute atomic E-state index is 0.187. The summed E-state index contributed by atoms with van der Waals surface area (Å²) >= 11 is 0. The highest BCUT2D eigenvalue weighted by Crippen LogP contribution is 2.29. The van der Waals surface area contributed by atoms with Gasteiger partial charge in [-0.2, -0.15) is 5.10 Å². The Hall–Kier alpha value is -5.31. The SMILES string of the molecule is COc1cc(/C=N/NC(=O)c2ccc(OCc3ccccc3)c(OC)c2)ccc1OCC(=O)Nc1ccc(C)cc1. The normalized spacial score (nSPS) is 10.6. The summed E-state index contributed by atoms with van der Waals surface area (Å²) in [6.45, 7) is 2.16. The van der Waals surface area contributed by atoms with Crippen LogP contribution in [0.1, 0.15) is 27.0 Å². The Morgan fingerprint density at radius 1 is 0.780 bits per heavy atom. The average molecular weight is 554 g/mol. The number of hydrogen-bond acceptors (Lipinski definition) is 7. The number of hydrogen-bond donors (Lipinski definition) is 2. The lowest BCUT2D eigenvalue weighted by Crippen LogP contribution is -2.20. The largest absolute Gasteiger partial charge is 0.493 e. The summed E-state index contributed by atoms with van der Waals surface area (Å²) in [6, 6.07) is 27.2. The fourth-order valence-corrected chi connectivity index (χ4v) is 3.75. The van der Waals surface area contributed by atoms with E-state index >= 15 is 0 Å². The van der Waals surface area contributed by atoms with Crippen LogP contribution in [0.15, 0.2) is 96.1 Å². The number of nitrogens with zero attached hydrogens (tertiary/aromatic N) is 1. The van der Waals surface area contributed by atoms with Crippen LogP contribution in [0.25, 0.3) is 0 Å². The summed E-state index contributed by atoms with van der Waals surface area (Å²) in [5.74, 6) is 1.06. The molecule has 0 saturated heterocycles. The molecule has 0 aliphatic rings. The second kappa shape index (κ2) is 14.2. The molecule has 0 bridgehead atoms. The average Bonchev–Trinajstić information content (AvgIpc) is 3.00. The van der Waals surface area contributed by atoms with Crippen molar-refractivity contribution in [1.82, 2.24) is 5.43 Å². The van der Waals surface area contributed by atoms with E-state index in [-0.39, 0.29) is 12.5 Å². The number of anilines is 1. The van der Waals surface area contributed by atoms with E-state index in [1.54, 1.807) is 36.4 Å². The van der Waals surface area contributed by atoms with Crippen molar-refractivity contribution in [3.63, 3.8) is 0 Å². The van der Waals surface area contributed by atoms with Crippen molar-refractivity contribution in [2.75, 3.05) is 26.1 Å². The van der Waals surface area contributed by atoms with E-state index in [1.807, 2.05) is 61.5 Å². The number of amides is 2. The Morgan fingerprint density at radius 2 is 1.46 bits per heavy atom. The maximum atomic E-state index is 12.7. The van der Waals surface area contributed by atoms with Crippen molar-refractivity contribution in [3.8, 4) is 23.0 Å². The highest BCUT2D eigenvalue weighted by atomic mass is 16.5. The lowest BCUT2D eigenvalue weighted by Gasteiger charge is -2.12. The maximum Gasteiger partial charge on any atom is 0.271 e. The van der Waals surface area contributed by atoms with Gasteiger partial charge in [-0.1, -0.05) is 48.0 Å². The first-order chi connectivity index (χ1) is 19.9. The van der Waals surface area contributed by atoms with Crippen LogP contribution in [-0.2, 0) is 11.4 Å². The van der Waals surface area contributed by atoms with Gasteiger partial charge in [0.1, 0.15) is 6.61 Å². The van der Waals surface area contributed by atoms with Crippen LogP contribution in [0.4, 0.5) is 5.69 Å². The topological polar surface area (TPSA) is 107 Å². The van der Waals surface area contributed by atoms with Gasteiger partial charge in [0, 0.05) is 11.3 Å². The molecule has 0 atom stereocenters. The number of rotatable bonds is 12. The van der Waals surface area contributed by atoms with E-state index in [2.05, 4.69) is 15.8 Å². The number of carbonyl (C=O) groups excluding carboxylic acids is 2. The molecule has 0 radical (unpaired) electrons. The molecule has 41 heavy (non-hydrogen) atoms. The van der Waals surface area contributed by atoms with Crippen LogP contribution in [-0.4, -0.2) is 38.9 Å². The molecule has 0 fully saturated rings. The van der Waals surface area contributed by atoms with Crippen LogP contribution >= 0.6 is 0 Å². The fraction of sp³-hybridized carbons (Fsp3) is 0.156. The lowest BCUT2D eigenvalue weighted by molar-refractivity contribution is -0.118. The zero-order valence-electron chi connectivity index (χ0n) is 23.0. The number of aryl methyl sites for hydroxylation is 1. The van der Waals surface area contributed by atoms with E-state index in [0.29, 0.717) is 46.4 Å². The molecule has 210 valence electrons. The number of carbonyl (C=O) groups is 2. The molecule has 0 aliphatic heterocycles. The molecule has 0 aliphatic carbocycles. The van der Waals surface area contributed by atoms with Crippen LogP contribution in [0.2, 0.25) is 0 Å². The lowest BCUT2D eigenvalue weighted by atomic mass is 10.2. The zero-order chi connectivity index (χ0) is 29.0. The van der Waals surface area contributed by atoms with Gasteiger partial charge in [-0.05, 0) is 66.6 Å². The van der Waals surface area contributed by atoms with Gasteiger partial charge in [-0.15, -0.1) is 0 Å². The van der Waals surface area contributed by atoms with Gasteiger partial charge in [0.15, 0.2) is 29.6 Å². The molecule has 0 spiro atoms. The van der Waals surface area contributed by atoms with Crippen LogP contribution in [0.3, 0.4) is 0 Å². The van der Waals surface area contributed by atoms with Gasteiger partial charge in [0.25, 0.3) is 11.8 Å². The highest BCUT2D eigenvalue weighted by Gasteiger charge is 2.12. The highest BCUT2D eigenvalue weighted by molar-refractivity contribution is 5.95. The van der Waals surface area contributed by atoms with E-state index in [0.717, 1.165) is 11.1 Å². The Labute approximate surface area is 238 Å². The molecule has 4 rings (SSSR count). The molecule has 9 heteroatoms. The van der Waals surface area contributed by atoms with Crippen molar-refractivity contribution in [2.24, 2.45) is 5.10 Å². The summed E-state index contributed by atoms with van der Waals surface area (Å²) in [4.78, 5) is 24.9. The van der Waals surface area contributed by atoms with Crippen LogP contribution < -0.4 is 29.7 Å². The summed E-state index contributed by atoms with van der Waals surface area (Å²) in [5, 5.41) is 6.83. The first kappa shape index (κ1) is 28.7. The third kappa shape index (κ3) is 8.34. The van der Waals surface area contributed by atoms with E-state index in [4.69, 9.17) is 18.9 Å². The van der Waals surface area contributed by atoms with Crippen molar-refractivity contribution >= 4 is 23.7 Å². The summed E-state index contributed by atoms with van der Waals surface area (Å²) in [7, 11) is 3.01. The third-order valence-corrected chi connectivity index (χ3v) is 5.92. The summed E-state index contributed by atoms with van der Waals surface area (Å²) in [6.07, 6.45) is 1.48.